The Morgan fingerprint density at radius 2 is 2.07 bits per heavy atom. The Kier molecular flexibility index (Phi) is 8.85. The summed E-state index contributed by atoms with van der Waals surface area (Å²) in [6, 6.07) is 0. The Morgan fingerprint density at radius 1 is 1.33 bits per heavy atom. The zero-order chi connectivity index (χ0) is 11.5. The second kappa shape index (κ2) is 9.51. The van der Waals surface area contributed by atoms with Crippen LogP contribution in [0.1, 0.15) is 26.7 Å². The summed E-state index contributed by atoms with van der Waals surface area (Å²) < 4.78 is 0. The number of hydrogen-bond acceptors (Lipinski definition) is 2. The lowest BCUT2D eigenvalue weighted by atomic mass is 10.1. The lowest BCUT2D eigenvalue weighted by Crippen LogP contribution is -2.15. The highest BCUT2D eigenvalue weighted by Gasteiger charge is 1.90. The van der Waals surface area contributed by atoms with Gasteiger partial charge in [0.1, 0.15) is 0 Å². The van der Waals surface area contributed by atoms with Gasteiger partial charge in [0.2, 0.25) is 0 Å². The number of aliphatic hydroxyl groups is 1. The van der Waals surface area contributed by atoms with E-state index < -0.39 is 0 Å². The molecule has 0 spiro atoms. The van der Waals surface area contributed by atoms with Gasteiger partial charge in [0.25, 0.3) is 0 Å². The van der Waals surface area contributed by atoms with Crippen molar-refractivity contribution >= 4 is 0 Å². The van der Waals surface area contributed by atoms with E-state index in [9.17, 15) is 0 Å². The monoisotopic (exact) mass is 207 g/mol. The molecule has 2 nitrogen and oxygen atoms in total. The van der Waals surface area contributed by atoms with Crippen LogP contribution in [0.4, 0.5) is 0 Å². The summed E-state index contributed by atoms with van der Waals surface area (Å²) in [7, 11) is 0. The lowest BCUT2D eigenvalue weighted by molar-refractivity contribution is 0.341. The predicted octanol–water partition coefficient (Wildman–Crippen LogP) is 1.87. The van der Waals surface area contributed by atoms with Gasteiger partial charge in [0, 0.05) is 6.54 Å². The van der Waals surface area contributed by atoms with E-state index in [2.05, 4.69) is 24.2 Å². The molecule has 0 aliphatic carbocycles. The van der Waals surface area contributed by atoms with Gasteiger partial charge in [-0.25, -0.2) is 0 Å². The molecule has 0 rings (SSSR count). The molecule has 0 saturated carbocycles. The highest BCUT2D eigenvalue weighted by molar-refractivity contribution is 5.05. The van der Waals surface area contributed by atoms with E-state index in [1.807, 2.05) is 13.0 Å². The van der Waals surface area contributed by atoms with Crippen LogP contribution < -0.4 is 5.32 Å². The van der Waals surface area contributed by atoms with Crippen molar-refractivity contribution in [1.29, 1.82) is 0 Å². The molecule has 2 N–H and O–H groups in total. The van der Waals surface area contributed by atoms with Gasteiger partial charge in [-0.15, -0.1) is 6.42 Å². The van der Waals surface area contributed by atoms with Gasteiger partial charge in [-0.05, 0) is 26.7 Å². The van der Waals surface area contributed by atoms with Crippen molar-refractivity contribution in [3.63, 3.8) is 0 Å². The number of terminal acetylenes is 1. The molecule has 0 radical (unpaired) electrons. The Balaban J connectivity index is 3.67. The Bertz CT molecular complexity index is 258. The summed E-state index contributed by atoms with van der Waals surface area (Å²) >= 11 is 0. The van der Waals surface area contributed by atoms with E-state index in [1.165, 1.54) is 11.1 Å². The van der Waals surface area contributed by atoms with E-state index in [1.54, 1.807) is 0 Å². The molecular formula is C13H21NO. The SMILES string of the molecule is C#CCNC/C(C)=C/CC/C(C)=C/CO. The van der Waals surface area contributed by atoms with Gasteiger partial charge in [0.05, 0.1) is 13.2 Å². The maximum atomic E-state index is 8.67. The van der Waals surface area contributed by atoms with Crippen LogP contribution in [-0.4, -0.2) is 24.8 Å². The molecule has 0 aromatic heterocycles. The van der Waals surface area contributed by atoms with E-state index in [0.717, 1.165) is 19.4 Å². The summed E-state index contributed by atoms with van der Waals surface area (Å²) in [5.41, 5.74) is 2.54. The highest BCUT2D eigenvalue weighted by Crippen LogP contribution is 2.05. The van der Waals surface area contributed by atoms with Crippen molar-refractivity contribution in [3.8, 4) is 12.3 Å². The van der Waals surface area contributed by atoms with Crippen LogP contribution in [0.25, 0.3) is 0 Å². The summed E-state index contributed by atoms with van der Waals surface area (Å²) in [5, 5.41) is 11.8. The summed E-state index contributed by atoms with van der Waals surface area (Å²) in [4.78, 5) is 0. The minimum absolute atomic E-state index is 0.137. The molecule has 0 unspecified atom stereocenters. The third-order valence-electron chi connectivity index (χ3n) is 2.10. The maximum Gasteiger partial charge on any atom is 0.0614 e. The highest BCUT2D eigenvalue weighted by atomic mass is 16.2. The number of nitrogens with one attached hydrogen (secondary N) is 1. The maximum absolute atomic E-state index is 8.67. The van der Waals surface area contributed by atoms with Crippen LogP contribution in [0.3, 0.4) is 0 Å². The zero-order valence-corrected chi connectivity index (χ0v) is 9.71. The topological polar surface area (TPSA) is 32.3 Å². The predicted molar refractivity (Wildman–Crippen MR) is 65.5 cm³/mol. The number of hydrogen-bond donors (Lipinski definition) is 2. The molecule has 0 aliphatic heterocycles. The first-order valence-electron chi connectivity index (χ1n) is 5.27. The van der Waals surface area contributed by atoms with Crippen LogP contribution in [0.15, 0.2) is 23.3 Å². The average Bonchev–Trinajstić information content (AvgIpc) is 2.18. The lowest BCUT2D eigenvalue weighted by Gasteiger charge is -2.02. The zero-order valence-electron chi connectivity index (χ0n) is 9.71. The van der Waals surface area contributed by atoms with Gasteiger partial charge < -0.3 is 10.4 Å². The third-order valence-corrected chi connectivity index (χ3v) is 2.10. The first-order chi connectivity index (χ1) is 7.20. The van der Waals surface area contributed by atoms with E-state index in [-0.39, 0.29) is 6.61 Å². The molecule has 0 bridgehead atoms. The summed E-state index contributed by atoms with van der Waals surface area (Å²) in [5.74, 6) is 2.54. The van der Waals surface area contributed by atoms with Crippen molar-refractivity contribution in [3.05, 3.63) is 23.3 Å². The van der Waals surface area contributed by atoms with Gasteiger partial charge in [-0.3, -0.25) is 0 Å². The van der Waals surface area contributed by atoms with Gasteiger partial charge >= 0.3 is 0 Å². The molecule has 0 saturated heterocycles. The quantitative estimate of drug-likeness (QED) is 0.379. The molecule has 0 heterocycles. The van der Waals surface area contributed by atoms with E-state index >= 15 is 0 Å². The molecule has 0 aromatic carbocycles. The first-order valence-corrected chi connectivity index (χ1v) is 5.27. The fourth-order valence-corrected chi connectivity index (χ4v) is 1.21. The number of aliphatic hydroxyl groups excluding tert-OH is 1. The fourth-order valence-electron chi connectivity index (χ4n) is 1.21. The van der Waals surface area contributed by atoms with Crippen LogP contribution in [0, 0.1) is 12.3 Å². The molecule has 84 valence electrons. The molecule has 0 aromatic rings. The number of allylic oxidation sites excluding steroid dienone is 2. The molecule has 0 amide bonds. The molecule has 0 aliphatic rings. The Labute approximate surface area is 93.1 Å². The van der Waals surface area contributed by atoms with Crippen LogP contribution in [0.2, 0.25) is 0 Å². The fraction of sp³-hybridized carbons (Fsp3) is 0.538. The minimum Gasteiger partial charge on any atom is -0.392 e. The van der Waals surface area contributed by atoms with Crippen LogP contribution in [-0.2, 0) is 0 Å². The van der Waals surface area contributed by atoms with Crippen molar-refractivity contribution in [2.24, 2.45) is 0 Å². The van der Waals surface area contributed by atoms with Crippen molar-refractivity contribution in [2.45, 2.75) is 26.7 Å². The average molecular weight is 207 g/mol. The first kappa shape index (κ1) is 14.0. The standard InChI is InChI=1S/C13H21NO/c1-4-9-14-11-13(3)7-5-6-12(2)8-10-15/h1,7-8,14-15H,5-6,9-11H2,2-3H3/b12-8+,13-7+. The smallest absolute Gasteiger partial charge is 0.0614 e. The van der Waals surface area contributed by atoms with Crippen LogP contribution >= 0.6 is 0 Å². The molecule has 15 heavy (non-hydrogen) atoms. The normalized spacial score (nSPS) is 12.7. The van der Waals surface area contributed by atoms with Gasteiger partial charge in [-0.1, -0.05) is 29.2 Å². The third kappa shape index (κ3) is 9.27. The Hall–Kier alpha value is -1.04. The second-order valence-electron chi connectivity index (χ2n) is 3.63. The second-order valence-corrected chi connectivity index (χ2v) is 3.63. The van der Waals surface area contributed by atoms with Crippen LogP contribution in [0.5, 0.6) is 0 Å². The van der Waals surface area contributed by atoms with E-state index in [4.69, 9.17) is 11.5 Å². The molecule has 2 heteroatoms. The number of rotatable bonds is 7. The minimum atomic E-state index is 0.137. The molecular weight excluding hydrogens is 186 g/mol. The van der Waals surface area contributed by atoms with Gasteiger partial charge in [0.15, 0.2) is 0 Å². The van der Waals surface area contributed by atoms with Crippen molar-refractivity contribution < 1.29 is 5.11 Å². The van der Waals surface area contributed by atoms with E-state index in [0.29, 0.717) is 6.54 Å². The largest absolute Gasteiger partial charge is 0.392 e. The molecule has 0 atom stereocenters. The summed E-state index contributed by atoms with van der Waals surface area (Å²) in [6.45, 7) is 5.74. The van der Waals surface area contributed by atoms with Gasteiger partial charge in [-0.2, -0.15) is 0 Å². The molecule has 0 fully saturated rings. The summed E-state index contributed by atoms with van der Waals surface area (Å²) in [6.07, 6.45) is 11.2. The van der Waals surface area contributed by atoms with Crippen molar-refractivity contribution in [1.82, 2.24) is 5.32 Å². The van der Waals surface area contributed by atoms with Crippen molar-refractivity contribution in [2.75, 3.05) is 19.7 Å². The Morgan fingerprint density at radius 3 is 2.67 bits per heavy atom.